The smallest absolute Gasteiger partial charge is 0.239 e. The number of thioether (sulfide) groups is 1. The van der Waals surface area contributed by atoms with Crippen LogP contribution < -0.4 is 4.90 Å². The maximum Gasteiger partial charge on any atom is 0.239 e. The highest BCUT2D eigenvalue weighted by molar-refractivity contribution is 7.99. The monoisotopic (exact) mass is 334 g/mol. The van der Waals surface area contributed by atoms with E-state index in [9.17, 15) is 4.79 Å². The van der Waals surface area contributed by atoms with E-state index >= 15 is 0 Å². The molecule has 2 saturated heterocycles. The lowest BCUT2D eigenvalue weighted by Gasteiger charge is -2.32. The second-order valence-corrected chi connectivity index (χ2v) is 7.71. The molecule has 0 saturated carbocycles. The molecule has 2 fully saturated rings. The van der Waals surface area contributed by atoms with E-state index in [4.69, 9.17) is 0 Å². The normalized spacial score (nSPS) is 22.3. The molecule has 5 nitrogen and oxygen atoms in total. The Hall–Kier alpha value is -1.27. The van der Waals surface area contributed by atoms with Crippen LogP contribution in [0.5, 0.6) is 0 Å². The highest BCUT2D eigenvalue weighted by Gasteiger charge is 2.34. The molecular weight excluding hydrogens is 308 g/mol. The lowest BCUT2D eigenvalue weighted by molar-refractivity contribution is -0.135. The summed E-state index contributed by atoms with van der Waals surface area (Å²) in [6.07, 6.45) is 4.04. The van der Waals surface area contributed by atoms with Gasteiger partial charge in [0, 0.05) is 51.4 Å². The van der Waals surface area contributed by atoms with Crippen molar-refractivity contribution in [1.29, 1.82) is 0 Å². The Labute approximate surface area is 143 Å². The first-order valence-corrected chi connectivity index (χ1v) is 9.53. The number of likely N-dealkylation sites (tertiary alicyclic amines) is 1. The van der Waals surface area contributed by atoms with Crippen LogP contribution in [-0.4, -0.2) is 72.0 Å². The molecule has 0 spiro atoms. The minimum absolute atomic E-state index is 0.0617. The summed E-state index contributed by atoms with van der Waals surface area (Å²) < 4.78 is 0. The molecule has 3 rings (SSSR count). The van der Waals surface area contributed by atoms with Gasteiger partial charge in [-0.05, 0) is 31.0 Å². The minimum Gasteiger partial charge on any atom is -0.363 e. The van der Waals surface area contributed by atoms with Gasteiger partial charge in [-0.2, -0.15) is 11.8 Å². The topological polar surface area (TPSA) is 39.7 Å². The van der Waals surface area contributed by atoms with E-state index < -0.39 is 0 Å². The molecule has 0 radical (unpaired) electrons. The van der Waals surface area contributed by atoms with Crippen molar-refractivity contribution in [2.75, 3.05) is 50.1 Å². The highest BCUT2D eigenvalue weighted by atomic mass is 32.2. The number of nitrogens with zero attached hydrogens (tertiary/aromatic N) is 4. The van der Waals surface area contributed by atoms with Gasteiger partial charge in [0.05, 0.1) is 6.04 Å². The van der Waals surface area contributed by atoms with Crippen LogP contribution >= 0.6 is 11.8 Å². The number of rotatable bonds is 4. The van der Waals surface area contributed by atoms with Gasteiger partial charge in [0.25, 0.3) is 0 Å². The van der Waals surface area contributed by atoms with Crippen LogP contribution in [0.15, 0.2) is 18.3 Å². The predicted octanol–water partition coefficient (Wildman–Crippen LogP) is 1.69. The summed E-state index contributed by atoms with van der Waals surface area (Å²) >= 11 is 1.95. The van der Waals surface area contributed by atoms with Crippen molar-refractivity contribution in [2.45, 2.75) is 25.4 Å². The first-order valence-electron chi connectivity index (χ1n) is 8.38. The van der Waals surface area contributed by atoms with Crippen LogP contribution in [0.4, 0.5) is 5.82 Å². The zero-order chi connectivity index (χ0) is 16.2. The summed E-state index contributed by atoms with van der Waals surface area (Å²) in [6.45, 7) is 3.65. The number of hydrogen-bond donors (Lipinski definition) is 0. The molecule has 6 heteroatoms. The molecule has 1 aromatic rings. The van der Waals surface area contributed by atoms with Gasteiger partial charge < -0.3 is 9.80 Å². The van der Waals surface area contributed by atoms with E-state index in [2.05, 4.69) is 20.9 Å². The second-order valence-electron chi connectivity index (χ2n) is 6.49. The summed E-state index contributed by atoms with van der Waals surface area (Å²) in [5.41, 5.74) is 1.18. The summed E-state index contributed by atoms with van der Waals surface area (Å²) in [5, 5.41) is 0. The van der Waals surface area contributed by atoms with E-state index in [1.807, 2.05) is 43.0 Å². The number of aromatic nitrogens is 1. The van der Waals surface area contributed by atoms with Crippen LogP contribution in [0.25, 0.3) is 0 Å². The summed E-state index contributed by atoms with van der Waals surface area (Å²) in [5.74, 6) is 3.46. The van der Waals surface area contributed by atoms with E-state index in [0.717, 1.165) is 56.3 Å². The fourth-order valence-corrected chi connectivity index (χ4v) is 4.20. The molecule has 2 aliphatic rings. The summed E-state index contributed by atoms with van der Waals surface area (Å²) in [7, 11) is 3.99. The van der Waals surface area contributed by atoms with Crippen molar-refractivity contribution in [3.8, 4) is 0 Å². The third-order valence-corrected chi connectivity index (χ3v) is 5.57. The van der Waals surface area contributed by atoms with E-state index in [1.165, 1.54) is 5.56 Å². The van der Waals surface area contributed by atoms with Crippen molar-refractivity contribution < 1.29 is 4.79 Å². The highest BCUT2D eigenvalue weighted by Crippen LogP contribution is 2.23. The molecule has 0 aliphatic carbocycles. The number of amides is 1. The molecule has 23 heavy (non-hydrogen) atoms. The Morgan fingerprint density at radius 1 is 1.30 bits per heavy atom. The average molecular weight is 334 g/mol. The lowest BCUT2D eigenvalue weighted by atomic mass is 10.1. The fourth-order valence-electron chi connectivity index (χ4n) is 3.30. The van der Waals surface area contributed by atoms with Gasteiger partial charge in [-0.1, -0.05) is 6.07 Å². The number of pyridine rings is 1. The molecule has 126 valence electrons. The second kappa shape index (κ2) is 7.53. The van der Waals surface area contributed by atoms with Crippen molar-refractivity contribution in [3.63, 3.8) is 0 Å². The Morgan fingerprint density at radius 3 is 2.74 bits per heavy atom. The molecule has 0 aromatic carbocycles. The zero-order valence-corrected chi connectivity index (χ0v) is 14.9. The Balaban J connectivity index is 1.63. The first kappa shape index (κ1) is 16.6. The van der Waals surface area contributed by atoms with Crippen LogP contribution in [0.2, 0.25) is 0 Å². The van der Waals surface area contributed by atoms with Gasteiger partial charge in [0.15, 0.2) is 0 Å². The van der Waals surface area contributed by atoms with Gasteiger partial charge in [0.2, 0.25) is 5.91 Å². The molecule has 0 bridgehead atoms. The van der Waals surface area contributed by atoms with Gasteiger partial charge in [-0.15, -0.1) is 0 Å². The van der Waals surface area contributed by atoms with Crippen molar-refractivity contribution in [1.82, 2.24) is 14.8 Å². The average Bonchev–Trinajstić information content (AvgIpc) is 3.03. The minimum atomic E-state index is 0.0617. The lowest BCUT2D eigenvalue weighted by Crippen LogP contribution is -2.48. The maximum absolute atomic E-state index is 12.8. The Morgan fingerprint density at radius 2 is 2.09 bits per heavy atom. The Kier molecular flexibility index (Phi) is 5.43. The molecule has 0 unspecified atom stereocenters. The molecule has 1 amide bonds. The van der Waals surface area contributed by atoms with E-state index in [-0.39, 0.29) is 6.04 Å². The number of hydrogen-bond acceptors (Lipinski definition) is 5. The standard InChI is InChI=1S/C17H26N4OS/c1-19(2)16-6-5-14(12-18-16)13-21-7-3-4-15(21)17(22)20-8-10-23-11-9-20/h5-6,12,15H,3-4,7-11,13H2,1-2H3/t15-/m1/s1. The van der Waals surface area contributed by atoms with Crippen LogP contribution in [0.3, 0.4) is 0 Å². The molecule has 3 heterocycles. The molecular formula is C17H26N4OS. The van der Waals surface area contributed by atoms with Crippen molar-refractivity contribution in [3.05, 3.63) is 23.9 Å². The molecule has 1 aromatic heterocycles. The Bertz CT molecular complexity index is 528. The van der Waals surface area contributed by atoms with Gasteiger partial charge in [-0.25, -0.2) is 4.98 Å². The zero-order valence-electron chi connectivity index (χ0n) is 14.1. The molecule has 0 N–H and O–H groups in total. The predicted molar refractivity (Wildman–Crippen MR) is 95.9 cm³/mol. The van der Waals surface area contributed by atoms with Crippen LogP contribution in [0, 0.1) is 0 Å². The fraction of sp³-hybridized carbons (Fsp3) is 0.647. The van der Waals surface area contributed by atoms with E-state index in [1.54, 1.807) is 0 Å². The van der Waals surface area contributed by atoms with Gasteiger partial charge >= 0.3 is 0 Å². The number of anilines is 1. The van der Waals surface area contributed by atoms with Crippen LogP contribution in [-0.2, 0) is 11.3 Å². The molecule has 2 aliphatic heterocycles. The quantitative estimate of drug-likeness (QED) is 0.838. The largest absolute Gasteiger partial charge is 0.363 e. The van der Waals surface area contributed by atoms with Crippen LogP contribution in [0.1, 0.15) is 18.4 Å². The van der Waals surface area contributed by atoms with Gasteiger partial charge in [0.1, 0.15) is 5.82 Å². The van der Waals surface area contributed by atoms with Crippen molar-refractivity contribution >= 4 is 23.5 Å². The SMILES string of the molecule is CN(C)c1ccc(CN2CCC[C@@H]2C(=O)N2CCSCC2)cn1. The van der Waals surface area contributed by atoms with E-state index in [0.29, 0.717) is 5.91 Å². The third kappa shape index (κ3) is 3.98. The molecule has 1 atom stereocenters. The summed E-state index contributed by atoms with van der Waals surface area (Å²) in [4.78, 5) is 23.7. The summed E-state index contributed by atoms with van der Waals surface area (Å²) in [6, 6.07) is 4.23. The first-order chi connectivity index (χ1) is 11.1. The number of carbonyl (C=O) groups is 1. The third-order valence-electron chi connectivity index (χ3n) is 4.62. The number of carbonyl (C=O) groups excluding carboxylic acids is 1. The van der Waals surface area contributed by atoms with Gasteiger partial charge in [-0.3, -0.25) is 9.69 Å². The van der Waals surface area contributed by atoms with Crippen molar-refractivity contribution in [2.24, 2.45) is 0 Å². The maximum atomic E-state index is 12.8.